The van der Waals surface area contributed by atoms with Gasteiger partial charge in [-0.1, -0.05) is 0 Å². The largest absolute Gasteiger partial charge is 0.467 e. The maximum Gasteiger partial charge on any atom is 0.226 e. The first kappa shape index (κ1) is 14.5. The number of hydrogen-bond acceptors (Lipinski definition) is 4. The quantitative estimate of drug-likeness (QED) is 0.785. The summed E-state index contributed by atoms with van der Waals surface area (Å²) in [6.07, 6.45) is 1.77. The van der Waals surface area contributed by atoms with Gasteiger partial charge in [-0.15, -0.1) is 11.3 Å². The number of halogens is 1. The number of nitrogens with one attached hydrogen (secondary N) is 1. The Morgan fingerprint density at radius 1 is 1.27 bits per heavy atom. The van der Waals surface area contributed by atoms with E-state index >= 15 is 0 Å². The van der Waals surface area contributed by atoms with Gasteiger partial charge in [0.2, 0.25) is 5.91 Å². The first-order valence-corrected chi connectivity index (χ1v) is 7.58. The zero-order chi connectivity index (χ0) is 15.4. The minimum absolute atomic E-state index is 0.118. The van der Waals surface area contributed by atoms with Crippen molar-refractivity contribution in [3.05, 3.63) is 65.3 Å². The lowest BCUT2D eigenvalue weighted by Crippen LogP contribution is -2.24. The van der Waals surface area contributed by atoms with Crippen LogP contribution in [-0.4, -0.2) is 10.9 Å². The number of carbonyl (C=O) groups is 1. The molecule has 112 valence electrons. The molecule has 0 unspecified atom stereocenters. The number of amides is 1. The third kappa shape index (κ3) is 3.59. The van der Waals surface area contributed by atoms with E-state index in [-0.39, 0.29) is 18.1 Å². The van der Waals surface area contributed by atoms with E-state index < -0.39 is 0 Å². The number of furan rings is 1. The zero-order valence-corrected chi connectivity index (χ0v) is 12.4. The number of aromatic nitrogens is 1. The number of thiazole rings is 1. The van der Waals surface area contributed by atoms with Gasteiger partial charge < -0.3 is 9.73 Å². The molecule has 4 nitrogen and oxygen atoms in total. The van der Waals surface area contributed by atoms with E-state index in [4.69, 9.17) is 4.42 Å². The number of hydrogen-bond donors (Lipinski definition) is 1. The Kier molecular flexibility index (Phi) is 4.29. The molecular weight excluding hydrogens is 303 g/mol. The minimum atomic E-state index is -0.280. The highest BCUT2D eigenvalue weighted by molar-refractivity contribution is 7.13. The van der Waals surface area contributed by atoms with Crippen molar-refractivity contribution in [1.29, 1.82) is 0 Å². The fourth-order valence-electron chi connectivity index (χ4n) is 1.94. The monoisotopic (exact) mass is 316 g/mol. The van der Waals surface area contributed by atoms with Crippen LogP contribution in [0, 0.1) is 5.82 Å². The van der Waals surface area contributed by atoms with Gasteiger partial charge in [0.1, 0.15) is 16.6 Å². The number of benzene rings is 1. The fraction of sp³-hybridized carbons (Fsp3) is 0.125. The Morgan fingerprint density at radius 2 is 2.09 bits per heavy atom. The highest BCUT2D eigenvalue weighted by atomic mass is 32.1. The van der Waals surface area contributed by atoms with Crippen LogP contribution in [0.4, 0.5) is 4.39 Å². The van der Waals surface area contributed by atoms with E-state index in [1.165, 1.54) is 23.5 Å². The Morgan fingerprint density at radius 3 is 2.82 bits per heavy atom. The van der Waals surface area contributed by atoms with Gasteiger partial charge in [0, 0.05) is 10.9 Å². The summed E-state index contributed by atoms with van der Waals surface area (Å²) >= 11 is 1.43. The van der Waals surface area contributed by atoms with Crippen molar-refractivity contribution in [2.24, 2.45) is 0 Å². The first-order valence-electron chi connectivity index (χ1n) is 6.70. The summed E-state index contributed by atoms with van der Waals surface area (Å²) < 4.78 is 18.1. The standard InChI is InChI=1S/C16H13FN2O2S/c17-12-5-3-11(4-6-12)16-19-13(10-22-16)8-15(20)18-9-14-2-1-7-21-14/h1-7,10H,8-9H2,(H,18,20). The molecule has 0 spiro atoms. The van der Waals surface area contributed by atoms with E-state index in [0.29, 0.717) is 18.0 Å². The third-order valence-electron chi connectivity index (χ3n) is 3.02. The predicted molar refractivity (Wildman–Crippen MR) is 81.8 cm³/mol. The van der Waals surface area contributed by atoms with Crippen LogP contribution in [-0.2, 0) is 17.8 Å². The molecule has 6 heteroatoms. The zero-order valence-electron chi connectivity index (χ0n) is 11.6. The Labute approximate surface area is 130 Å². The van der Waals surface area contributed by atoms with Crippen LogP contribution in [0.2, 0.25) is 0 Å². The molecule has 22 heavy (non-hydrogen) atoms. The van der Waals surface area contributed by atoms with Gasteiger partial charge in [-0.05, 0) is 36.4 Å². The summed E-state index contributed by atoms with van der Waals surface area (Å²) in [4.78, 5) is 16.3. The normalized spacial score (nSPS) is 10.6. The highest BCUT2D eigenvalue weighted by Crippen LogP contribution is 2.24. The van der Waals surface area contributed by atoms with E-state index in [2.05, 4.69) is 10.3 Å². The molecule has 0 aliphatic carbocycles. The first-order chi connectivity index (χ1) is 10.7. The van der Waals surface area contributed by atoms with Gasteiger partial charge in [0.05, 0.1) is 24.9 Å². The molecule has 3 rings (SSSR count). The minimum Gasteiger partial charge on any atom is -0.467 e. The smallest absolute Gasteiger partial charge is 0.226 e. The predicted octanol–water partition coefficient (Wildman–Crippen LogP) is 3.40. The summed E-state index contributed by atoms with van der Waals surface area (Å²) in [7, 11) is 0. The Balaban J connectivity index is 1.59. The van der Waals surface area contributed by atoms with Crippen LogP contribution in [0.15, 0.2) is 52.5 Å². The summed E-state index contributed by atoms with van der Waals surface area (Å²) in [5, 5.41) is 5.38. The average molecular weight is 316 g/mol. The second-order valence-electron chi connectivity index (χ2n) is 4.68. The summed E-state index contributed by atoms with van der Waals surface area (Å²) in [6, 6.07) is 9.72. The lowest BCUT2D eigenvalue weighted by molar-refractivity contribution is -0.120. The molecule has 0 atom stereocenters. The maximum atomic E-state index is 12.9. The van der Waals surface area contributed by atoms with Crippen molar-refractivity contribution >= 4 is 17.2 Å². The molecular formula is C16H13FN2O2S. The van der Waals surface area contributed by atoms with Crippen LogP contribution in [0.1, 0.15) is 11.5 Å². The van der Waals surface area contributed by atoms with Crippen molar-refractivity contribution in [1.82, 2.24) is 10.3 Å². The SMILES string of the molecule is O=C(Cc1csc(-c2ccc(F)cc2)n1)NCc1ccco1. The van der Waals surface area contributed by atoms with E-state index in [1.54, 1.807) is 30.5 Å². The maximum absolute atomic E-state index is 12.9. The van der Waals surface area contributed by atoms with E-state index in [0.717, 1.165) is 10.6 Å². The average Bonchev–Trinajstić information content (AvgIpc) is 3.17. The fourth-order valence-corrected chi connectivity index (χ4v) is 2.76. The van der Waals surface area contributed by atoms with Crippen molar-refractivity contribution in [2.45, 2.75) is 13.0 Å². The van der Waals surface area contributed by atoms with Gasteiger partial charge >= 0.3 is 0 Å². The summed E-state index contributed by atoms with van der Waals surface area (Å²) in [5.74, 6) is 0.309. The molecule has 0 aliphatic rings. The van der Waals surface area contributed by atoms with Crippen LogP contribution < -0.4 is 5.32 Å². The number of carbonyl (C=O) groups excluding carboxylic acids is 1. The molecule has 0 fully saturated rings. The molecule has 0 bridgehead atoms. The molecule has 2 aromatic heterocycles. The molecule has 1 amide bonds. The van der Waals surface area contributed by atoms with Gasteiger partial charge in [-0.25, -0.2) is 9.37 Å². The number of rotatable bonds is 5. The van der Waals surface area contributed by atoms with Crippen molar-refractivity contribution < 1.29 is 13.6 Å². The molecule has 3 aromatic rings. The van der Waals surface area contributed by atoms with Gasteiger partial charge in [-0.2, -0.15) is 0 Å². The second kappa shape index (κ2) is 6.53. The molecule has 0 saturated heterocycles. The molecule has 2 heterocycles. The molecule has 1 N–H and O–H groups in total. The van der Waals surface area contributed by atoms with Crippen LogP contribution in [0.3, 0.4) is 0 Å². The van der Waals surface area contributed by atoms with Crippen LogP contribution in [0.5, 0.6) is 0 Å². The van der Waals surface area contributed by atoms with Gasteiger partial charge in [0.25, 0.3) is 0 Å². The lowest BCUT2D eigenvalue weighted by atomic mass is 10.2. The van der Waals surface area contributed by atoms with Crippen LogP contribution >= 0.6 is 11.3 Å². The third-order valence-corrected chi connectivity index (χ3v) is 3.96. The van der Waals surface area contributed by atoms with Crippen molar-refractivity contribution in [2.75, 3.05) is 0 Å². The van der Waals surface area contributed by atoms with Gasteiger partial charge in [-0.3, -0.25) is 4.79 Å². The molecule has 0 radical (unpaired) electrons. The molecule has 0 saturated carbocycles. The second-order valence-corrected chi connectivity index (χ2v) is 5.54. The van der Waals surface area contributed by atoms with Crippen molar-refractivity contribution in [3.8, 4) is 10.6 Å². The Hall–Kier alpha value is -2.47. The molecule has 0 aliphatic heterocycles. The topological polar surface area (TPSA) is 55.1 Å². The Bertz CT molecular complexity index is 751. The van der Waals surface area contributed by atoms with Gasteiger partial charge in [0.15, 0.2) is 0 Å². The van der Waals surface area contributed by atoms with Crippen LogP contribution in [0.25, 0.3) is 10.6 Å². The summed E-state index contributed by atoms with van der Waals surface area (Å²) in [6.45, 7) is 0.362. The van der Waals surface area contributed by atoms with Crippen molar-refractivity contribution in [3.63, 3.8) is 0 Å². The molecule has 1 aromatic carbocycles. The summed E-state index contributed by atoms with van der Waals surface area (Å²) in [5.41, 5.74) is 1.54. The highest BCUT2D eigenvalue weighted by Gasteiger charge is 2.09. The van der Waals surface area contributed by atoms with E-state index in [9.17, 15) is 9.18 Å². The van der Waals surface area contributed by atoms with E-state index in [1.807, 2.05) is 5.38 Å². The number of nitrogens with zero attached hydrogens (tertiary/aromatic N) is 1. The lowest BCUT2D eigenvalue weighted by Gasteiger charge is -2.01.